The van der Waals surface area contributed by atoms with Gasteiger partial charge in [-0.1, -0.05) is 47.5 Å². The molecule has 51 heavy (non-hydrogen) atoms. The molecular formula is C37H35Cl2N7O5. The number of pyridine rings is 3. The molecule has 14 heteroatoms. The van der Waals surface area contributed by atoms with E-state index in [-0.39, 0.29) is 22.6 Å². The summed E-state index contributed by atoms with van der Waals surface area (Å²) in [5.74, 6) is -1.18. The Kier molecular flexibility index (Phi) is 9.77. The van der Waals surface area contributed by atoms with Gasteiger partial charge in [-0.15, -0.1) is 0 Å². The second kappa shape index (κ2) is 14.4. The molecule has 0 spiro atoms. The molecule has 7 rings (SSSR count). The van der Waals surface area contributed by atoms with Gasteiger partial charge in [-0.05, 0) is 47.9 Å². The molecule has 2 saturated heterocycles. The maximum atomic E-state index is 13.5. The number of anilines is 3. The number of carboxylic acids is 1. The molecule has 4 N–H and O–H groups in total. The molecule has 2 fully saturated rings. The molecule has 0 unspecified atom stereocenters. The van der Waals surface area contributed by atoms with Gasteiger partial charge in [-0.25, -0.2) is 4.98 Å². The fraction of sp³-hybridized carbons (Fsp3) is 0.270. The molecular weight excluding hydrogens is 693 g/mol. The third kappa shape index (κ3) is 7.32. The number of aliphatic carboxylic acids is 1. The summed E-state index contributed by atoms with van der Waals surface area (Å²) >= 11 is 13.9. The van der Waals surface area contributed by atoms with Crippen LogP contribution in [-0.4, -0.2) is 78.7 Å². The highest BCUT2D eigenvalue weighted by Crippen LogP contribution is 2.41. The fourth-order valence-electron chi connectivity index (χ4n) is 6.63. The number of carbonyl (C=O) groups excluding carboxylic acids is 1. The van der Waals surface area contributed by atoms with Gasteiger partial charge < -0.3 is 25.4 Å². The Morgan fingerprint density at radius 1 is 0.922 bits per heavy atom. The van der Waals surface area contributed by atoms with Crippen LogP contribution in [0.25, 0.3) is 22.0 Å². The second-order valence-electron chi connectivity index (χ2n) is 13.1. The molecule has 5 heterocycles. The predicted octanol–water partition coefficient (Wildman–Crippen LogP) is 5.38. The van der Waals surface area contributed by atoms with Crippen molar-refractivity contribution in [2.45, 2.75) is 25.6 Å². The third-order valence-electron chi connectivity index (χ3n) is 9.30. The molecule has 12 nitrogen and oxygen atoms in total. The average molecular weight is 729 g/mol. The molecule has 3 aromatic heterocycles. The second-order valence-corrected chi connectivity index (χ2v) is 13.8. The van der Waals surface area contributed by atoms with Crippen LogP contribution in [0, 0.1) is 5.92 Å². The van der Waals surface area contributed by atoms with Gasteiger partial charge in [-0.2, -0.15) is 0 Å². The van der Waals surface area contributed by atoms with Crippen molar-refractivity contribution in [3.63, 3.8) is 0 Å². The number of amides is 1. The number of hydrogen-bond acceptors (Lipinski definition) is 9. The van der Waals surface area contributed by atoms with Gasteiger partial charge in [-0.3, -0.25) is 29.2 Å². The summed E-state index contributed by atoms with van der Waals surface area (Å²) < 4.78 is 1.39. The Morgan fingerprint density at radius 3 is 2.33 bits per heavy atom. The highest BCUT2D eigenvalue weighted by molar-refractivity contribution is 6.39. The van der Waals surface area contributed by atoms with E-state index in [0.717, 1.165) is 23.1 Å². The Labute approximate surface area is 303 Å². The number of fused-ring (bicyclic) bond motifs is 1. The number of benzene rings is 2. The van der Waals surface area contributed by atoms with Crippen molar-refractivity contribution >= 4 is 63.2 Å². The normalized spacial score (nSPS) is 16.7. The summed E-state index contributed by atoms with van der Waals surface area (Å²) in [5, 5.41) is 26.7. The Balaban J connectivity index is 1.10. The molecule has 0 aliphatic carbocycles. The van der Waals surface area contributed by atoms with Crippen LogP contribution in [-0.2, 0) is 24.9 Å². The van der Waals surface area contributed by atoms with Crippen LogP contribution < -0.4 is 16.2 Å². The lowest BCUT2D eigenvalue weighted by Crippen LogP contribution is -2.49. The number of nitrogens with zero attached hydrogens (tertiary/aromatic N) is 5. The van der Waals surface area contributed by atoms with E-state index in [9.17, 15) is 24.6 Å². The zero-order chi connectivity index (χ0) is 35.8. The summed E-state index contributed by atoms with van der Waals surface area (Å²) in [7, 11) is 1.60. The number of nitrogens with one attached hydrogen (secondary N) is 2. The van der Waals surface area contributed by atoms with Crippen molar-refractivity contribution < 1.29 is 19.8 Å². The highest BCUT2D eigenvalue weighted by Gasteiger charge is 2.32. The number of likely N-dealkylation sites (tertiary alicyclic amines) is 2. The predicted molar refractivity (Wildman–Crippen MR) is 197 cm³/mol. The van der Waals surface area contributed by atoms with Crippen molar-refractivity contribution in [3.8, 4) is 11.1 Å². The first kappa shape index (κ1) is 34.6. The summed E-state index contributed by atoms with van der Waals surface area (Å²) in [6.45, 7) is 3.43. The molecule has 262 valence electrons. The van der Waals surface area contributed by atoms with Crippen LogP contribution in [0.4, 0.5) is 17.2 Å². The number of β-amino-alcohol motifs (C(OH)–C–C–N with tert-alkyl or cyclic N) is 1. The van der Waals surface area contributed by atoms with Crippen LogP contribution in [0.5, 0.6) is 0 Å². The van der Waals surface area contributed by atoms with Crippen LogP contribution in [0.3, 0.4) is 0 Å². The Hall–Kier alpha value is -4.85. The lowest BCUT2D eigenvalue weighted by Gasteiger charge is -2.36. The van der Waals surface area contributed by atoms with Crippen molar-refractivity contribution in [2.24, 2.45) is 13.0 Å². The van der Waals surface area contributed by atoms with E-state index in [1.54, 1.807) is 49.9 Å². The number of hydrogen-bond donors (Lipinski definition) is 4. The Morgan fingerprint density at radius 2 is 1.63 bits per heavy atom. The zero-order valence-electron chi connectivity index (χ0n) is 27.6. The van der Waals surface area contributed by atoms with Gasteiger partial charge in [0.25, 0.3) is 11.5 Å². The standard InChI is InChI=1S/C37H35Cl2N7O5/c1-44-15-22(17-45-11-9-25(47)20-45)13-28(36(44)49)35(48)43-30-7-3-5-27(32(30)39)26-4-2-6-29(31(26)38)42-34-33-23(8-10-40-34)12-21(14-41-33)16-46-18-24(19-46)37(50)51/h2-8,10,12-15,24-25,47H,9,11,16-20H2,1H3,(H,40,42)(H,43,48)(H,50,51)/t25-/m1/s1. The van der Waals surface area contributed by atoms with E-state index >= 15 is 0 Å². The number of rotatable bonds is 10. The molecule has 0 radical (unpaired) electrons. The SMILES string of the molecule is Cn1cc(CN2CC[C@@H](O)C2)cc(C(=O)Nc2cccc(-c3cccc(Nc4nccc5cc(CN6CC(C(=O)O)C6)cnc45)c3Cl)c2Cl)c1=O. The molecule has 1 atom stereocenters. The van der Waals surface area contributed by atoms with E-state index in [1.165, 1.54) is 4.57 Å². The smallest absolute Gasteiger partial charge is 0.309 e. The number of aliphatic hydroxyl groups excluding tert-OH is 1. The molecule has 0 saturated carbocycles. The summed E-state index contributed by atoms with van der Waals surface area (Å²) in [5.41, 5.74) is 4.01. The zero-order valence-corrected chi connectivity index (χ0v) is 29.2. The number of carboxylic acid groups (broad SMARTS) is 1. The van der Waals surface area contributed by atoms with Crippen LogP contribution >= 0.6 is 23.2 Å². The van der Waals surface area contributed by atoms with Crippen molar-refractivity contribution in [3.05, 3.63) is 110 Å². The fourth-order valence-corrected chi connectivity index (χ4v) is 7.18. The minimum Gasteiger partial charge on any atom is -0.481 e. The minimum absolute atomic E-state index is 0.0175. The van der Waals surface area contributed by atoms with Crippen LogP contribution in [0.15, 0.2) is 78.0 Å². The number of aryl methyl sites for hydroxylation is 1. The van der Waals surface area contributed by atoms with Gasteiger partial charge in [0.2, 0.25) is 0 Å². The summed E-state index contributed by atoms with van der Waals surface area (Å²) in [6.07, 6.45) is 5.47. The number of aromatic nitrogens is 3. The maximum absolute atomic E-state index is 13.5. The van der Waals surface area contributed by atoms with Crippen LogP contribution in [0.1, 0.15) is 27.9 Å². The van der Waals surface area contributed by atoms with Gasteiger partial charge >= 0.3 is 5.97 Å². The third-order valence-corrected chi connectivity index (χ3v) is 10.1. The number of aliphatic hydroxyl groups is 1. The van der Waals surface area contributed by atoms with E-state index in [2.05, 4.69) is 30.4 Å². The van der Waals surface area contributed by atoms with Gasteiger partial charge in [0, 0.05) is 81.4 Å². The topological polar surface area (TPSA) is 153 Å². The summed E-state index contributed by atoms with van der Waals surface area (Å²) in [4.78, 5) is 51.0. The van der Waals surface area contributed by atoms with Gasteiger partial charge in [0.15, 0.2) is 5.82 Å². The Bertz CT molecular complexity index is 2220. The van der Waals surface area contributed by atoms with E-state index in [1.807, 2.05) is 30.3 Å². The van der Waals surface area contributed by atoms with E-state index < -0.39 is 17.4 Å². The molecule has 0 bridgehead atoms. The number of halogens is 2. The lowest BCUT2D eigenvalue weighted by atomic mass is 10.00. The first-order valence-electron chi connectivity index (χ1n) is 16.5. The monoisotopic (exact) mass is 727 g/mol. The molecule has 2 aliphatic heterocycles. The molecule has 2 aromatic carbocycles. The first-order chi connectivity index (χ1) is 24.5. The molecule has 2 aliphatic rings. The molecule has 5 aromatic rings. The average Bonchev–Trinajstić information content (AvgIpc) is 3.50. The minimum atomic E-state index is -0.768. The first-order valence-corrected chi connectivity index (χ1v) is 17.2. The molecule has 1 amide bonds. The van der Waals surface area contributed by atoms with Crippen LogP contribution in [0.2, 0.25) is 10.0 Å². The van der Waals surface area contributed by atoms with E-state index in [0.29, 0.717) is 78.0 Å². The maximum Gasteiger partial charge on any atom is 0.309 e. The number of carbonyl (C=O) groups is 2. The summed E-state index contributed by atoms with van der Waals surface area (Å²) in [6, 6.07) is 16.1. The van der Waals surface area contributed by atoms with E-state index in [4.69, 9.17) is 23.2 Å². The quantitative estimate of drug-likeness (QED) is 0.148. The van der Waals surface area contributed by atoms with Gasteiger partial charge in [0.1, 0.15) is 11.1 Å². The van der Waals surface area contributed by atoms with Crippen molar-refractivity contribution in [1.29, 1.82) is 0 Å². The largest absolute Gasteiger partial charge is 0.481 e. The van der Waals surface area contributed by atoms with Crippen molar-refractivity contribution in [2.75, 3.05) is 36.8 Å². The lowest BCUT2D eigenvalue weighted by molar-refractivity contribution is -0.147. The van der Waals surface area contributed by atoms with Crippen molar-refractivity contribution in [1.82, 2.24) is 24.3 Å². The highest BCUT2D eigenvalue weighted by atomic mass is 35.5. The van der Waals surface area contributed by atoms with Gasteiger partial charge in [0.05, 0.1) is 33.4 Å².